The Morgan fingerprint density at radius 2 is 1.75 bits per heavy atom. The van der Waals surface area contributed by atoms with Crippen LogP contribution in [0, 0.1) is 0 Å². The molecule has 0 heterocycles. The molecular formula is C19H22BrNO3. The molecule has 0 spiro atoms. The summed E-state index contributed by atoms with van der Waals surface area (Å²) in [5, 5.41) is 3.42. The SMILES string of the molecule is C=CCOc1c(Br)cc(CNCc2ccc(OC)cc2)cc1OC. The van der Waals surface area contributed by atoms with Crippen molar-refractivity contribution in [2.45, 2.75) is 13.1 Å². The molecule has 2 aromatic rings. The molecule has 0 unspecified atom stereocenters. The standard InChI is InChI=1S/C19H22BrNO3/c1-4-9-24-19-17(20)10-15(11-18(19)23-3)13-21-12-14-5-7-16(22-2)8-6-14/h4-8,10-11,21H,1,9,12-13H2,2-3H3. The van der Waals surface area contributed by atoms with Crippen LogP contribution in [-0.2, 0) is 13.1 Å². The minimum Gasteiger partial charge on any atom is -0.497 e. The van der Waals surface area contributed by atoms with Crippen LogP contribution in [0.5, 0.6) is 17.2 Å². The largest absolute Gasteiger partial charge is 0.497 e. The van der Waals surface area contributed by atoms with E-state index in [1.165, 1.54) is 5.56 Å². The van der Waals surface area contributed by atoms with Crippen LogP contribution >= 0.6 is 15.9 Å². The van der Waals surface area contributed by atoms with Crippen LogP contribution in [-0.4, -0.2) is 20.8 Å². The van der Waals surface area contributed by atoms with Gasteiger partial charge >= 0.3 is 0 Å². The fraction of sp³-hybridized carbons (Fsp3) is 0.263. The molecule has 5 heteroatoms. The Labute approximate surface area is 151 Å². The highest BCUT2D eigenvalue weighted by atomic mass is 79.9. The molecule has 0 aliphatic heterocycles. The van der Waals surface area contributed by atoms with E-state index >= 15 is 0 Å². The normalized spacial score (nSPS) is 10.3. The monoisotopic (exact) mass is 391 g/mol. The number of hydrogen-bond donors (Lipinski definition) is 1. The fourth-order valence-electron chi connectivity index (χ4n) is 2.25. The molecule has 0 atom stereocenters. The zero-order valence-corrected chi connectivity index (χ0v) is 15.6. The van der Waals surface area contributed by atoms with Crippen LogP contribution in [0.25, 0.3) is 0 Å². The van der Waals surface area contributed by atoms with E-state index in [1.807, 2.05) is 24.3 Å². The molecule has 0 saturated heterocycles. The van der Waals surface area contributed by atoms with Crippen LogP contribution in [0.3, 0.4) is 0 Å². The molecule has 0 aliphatic carbocycles. The highest BCUT2D eigenvalue weighted by molar-refractivity contribution is 9.10. The average molecular weight is 392 g/mol. The number of rotatable bonds is 9. The molecule has 4 nitrogen and oxygen atoms in total. The maximum absolute atomic E-state index is 5.64. The first-order valence-electron chi connectivity index (χ1n) is 7.61. The quantitative estimate of drug-likeness (QED) is 0.646. The van der Waals surface area contributed by atoms with Gasteiger partial charge in [-0.2, -0.15) is 0 Å². The van der Waals surface area contributed by atoms with Crippen molar-refractivity contribution < 1.29 is 14.2 Å². The van der Waals surface area contributed by atoms with E-state index in [9.17, 15) is 0 Å². The second kappa shape index (κ2) is 9.35. The third-order valence-electron chi connectivity index (χ3n) is 3.45. The molecule has 0 radical (unpaired) electrons. The highest BCUT2D eigenvalue weighted by Gasteiger charge is 2.11. The smallest absolute Gasteiger partial charge is 0.175 e. The number of nitrogens with one attached hydrogen (secondary N) is 1. The zero-order valence-electron chi connectivity index (χ0n) is 14.0. The Hall–Kier alpha value is -1.98. The molecule has 0 aromatic heterocycles. The molecule has 0 bridgehead atoms. The van der Waals surface area contributed by atoms with Gasteiger partial charge in [-0.05, 0) is 51.3 Å². The summed E-state index contributed by atoms with van der Waals surface area (Å²) in [6, 6.07) is 12.0. The van der Waals surface area contributed by atoms with Gasteiger partial charge in [-0.25, -0.2) is 0 Å². The third kappa shape index (κ3) is 5.01. The number of halogens is 1. The van der Waals surface area contributed by atoms with Crippen molar-refractivity contribution in [1.29, 1.82) is 0 Å². The van der Waals surface area contributed by atoms with Crippen LogP contribution < -0.4 is 19.5 Å². The first kappa shape index (κ1) is 18.4. The Balaban J connectivity index is 1.98. The minimum absolute atomic E-state index is 0.435. The van der Waals surface area contributed by atoms with Gasteiger partial charge in [0.05, 0.1) is 18.7 Å². The second-order valence-electron chi connectivity index (χ2n) is 5.16. The maximum atomic E-state index is 5.64. The van der Waals surface area contributed by atoms with Gasteiger partial charge in [0.25, 0.3) is 0 Å². The summed E-state index contributed by atoms with van der Waals surface area (Å²) in [6.07, 6.45) is 1.70. The predicted molar refractivity (Wildman–Crippen MR) is 99.9 cm³/mol. The molecule has 2 aromatic carbocycles. The van der Waals surface area contributed by atoms with Gasteiger partial charge in [0, 0.05) is 13.1 Å². The van der Waals surface area contributed by atoms with Crippen molar-refractivity contribution >= 4 is 15.9 Å². The van der Waals surface area contributed by atoms with E-state index in [2.05, 4.69) is 40.0 Å². The Kier molecular flexibility index (Phi) is 7.15. The zero-order chi connectivity index (χ0) is 17.4. The van der Waals surface area contributed by atoms with Gasteiger partial charge in [-0.3, -0.25) is 0 Å². The van der Waals surface area contributed by atoms with E-state index in [1.54, 1.807) is 20.3 Å². The first-order chi connectivity index (χ1) is 11.7. The summed E-state index contributed by atoms with van der Waals surface area (Å²) >= 11 is 3.54. The fourth-order valence-corrected chi connectivity index (χ4v) is 2.86. The van der Waals surface area contributed by atoms with E-state index in [4.69, 9.17) is 14.2 Å². The van der Waals surface area contributed by atoms with Crippen molar-refractivity contribution in [2.75, 3.05) is 20.8 Å². The van der Waals surface area contributed by atoms with Gasteiger partial charge in [-0.1, -0.05) is 24.8 Å². The summed E-state index contributed by atoms with van der Waals surface area (Å²) in [5.41, 5.74) is 2.31. The van der Waals surface area contributed by atoms with Gasteiger partial charge in [0.2, 0.25) is 0 Å². The molecular weight excluding hydrogens is 370 g/mol. The lowest BCUT2D eigenvalue weighted by molar-refractivity contribution is 0.324. The third-order valence-corrected chi connectivity index (χ3v) is 4.04. The van der Waals surface area contributed by atoms with E-state index in [0.717, 1.165) is 28.9 Å². The number of ether oxygens (including phenoxy) is 3. The lowest BCUT2D eigenvalue weighted by Crippen LogP contribution is -2.13. The van der Waals surface area contributed by atoms with Crippen molar-refractivity contribution in [2.24, 2.45) is 0 Å². The van der Waals surface area contributed by atoms with Gasteiger partial charge < -0.3 is 19.5 Å². The summed E-state index contributed by atoms with van der Waals surface area (Å²) in [6.45, 7) is 5.60. The average Bonchev–Trinajstić information content (AvgIpc) is 2.61. The molecule has 0 saturated carbocycles. The molecule has 0 aliphatic rings. The summed E-state index contributed by atoms with van der Waals surface area (Å²) in [7, 11) is 3.30. The molecule has 128 valence electrons. The lowest BCUT2D eigenvalue weighted by atomic mass is 10.2. The highest BCUT2D eigenvalue weighted by Crippen LogP contribution is 2.36. The predicted octanol–water partition coefficient (Wildman–Crippen LogP) is 4.32. The second-order valence-corrected chi connectivity index (χ2v) is 6.01. The van der Waals surface area contributed by atoms with Crippen molar-refractivity contribution in [3.63, 3.8) is 0 Å². The number of benzene rings is 2. The molecule has 24 heavy (non-hydrogen) atoms. The number of methoxy groups -OCH3 is 2. The topological polar surface area (TPSA) is 39.7 Å². The van der Waals surface area contributed by atoms with E-state index in [0.29, 0.717) is 18.1 Å². The summed E-state index contributed by atoms with van der Waals surface area (Å²) in [4.78, 5) is 0. The van der Waals surface area contributed by atoms with Crippen molar-refractivity contribution in [3.05, 3.63) is 64.7 Å². The lowest BCUT2D eigenvalue weighted by Gasteiger charge is -2.14. The van der Waals surface area contributed by atoms with Gasteiger partial charge in [0.15, 0.2) is 11.5 Å². The molecule has 0 fully saturated rings. The van der Waals surface area contributed by atoms with E-state index < -0.39 is 0 Å². The Bertz CT molecular complexity index is 671. The number of hydrogen-bond acceptors (Lipinski definition) is 4. The maximum Gasteiger partial charge on any atom is 0.175 e. The molecule has 1 N–H and O–H groups in total. The molecule has 2 rings (SSSR count). The minimum atomic E-state index is 0.435. The van der Waals surface area contributed by atoms with Gasteiger partial charge in [0.1, 0.15) is 12.4 Å². The molecule has 0 amide bonds. The van der Waals surface area contributed by atoms with Crippen LogP contribution in [0.15, 0.2) is 53.5 Å². The Morgan fingerprint density at radius 3 is 2.38 bits per heavy atom. The van der Waals surface area contributed by atoms with Crippen LogP contribution in [0.1, 0.15) is 11.1 Å². The van der Waals surface area contributed by atoms with Gasteiger partial charge in [-0.15, -0.1) is 0 Å². The Morgan fingerprint density at radius 1 is 1.04 bits per heavy atom. The van der Waals surface area contributed by atoms with Crippen molar-refractivity contribution in [1.82, 2.24) is 5.32 Å². The van der Waals surface area contributed by atoms with Crippen LogP contribution in [0.2, 0.25) is 0 Å². The van der Waals surface area contributed by atoms with E-state index in [-0.39, 0.29) is 0 Å². The summed E-state index contributed by atoms with van der Waals surface area (Å²) < 4.78 is 17.1. The first-order valence-corrected chi connectivity index (χ1v) is 8.41. The van der Waals surface area contributed by atoms with Crippen molar-refractivity contribution in [3.8, 4) is 17.2 Å². The summed E-state index contributed by atoms with van der Waals surface area (Å²) in [5.74, 6) is 2.26. The van der Waals surface area contributed by atoms with Crippen LogP contribution in [0.4, 0.5) is 0 Å².